The van der Waals surface area contributed by atoms with Crippen LogP contribution in [0.4, 0.5) is 0 Å². The summed E-state index contributed by atoms with van der Waals surface area (Å²) < 4.78 is 5.17. The molecule has 0 spiro atoms. The second kappa shape index (κ2) is 5.23. The Bertz CT molecular complexity index is 104. The fourth-order valence-electron chi connectivity index (χ4n) is 0.623. The second-order valence-corrected chi connectivity index (χ2v) is 2.21. The molecule has 0 radical (unpaired) electrons. The minimum atomic E-state index is -0.155. The molecular formula is C7H15NO2. The monoisotopic (exact) mass is 145 g/mol. The minimum Gasteiger partial charge on any atom is -0.359 e. The number of nitrogens with one attached hydrogen (secondary N) is 1. The summed E-state index contributed by atoms with van der Waals surface area (Å²) in [5, 5.41) is 2.62. The quantitative estimate of drug-likeness (QED) is 0.597. The highest BCUT2D eigenvalue weighted by molar-refractivity contribution is 5.72. The van der Waals surface area contributed by atoms with Gasteiger partial charge in [0.25, 0.3) is 0 Å². The number of amides is 1. The lowest BCUT2D eigenvalue weighted by atomic mass is 10.5. The van der Waals surface area contributed by atoms with Gasteiger partial charge in [-0.05, 0) is 13.3 Å². The molecule has 1 N–H and O–H groups in total. The van der Waals surface area contributed by atoms with E-state index in [0.717, 1.165) is 6.42 Å². The van der Waals surface area contributed by atoms with Crippen molar-refractivity contribution >= 4 is 5.91 Å². The zero-order valence-electron chi connectivity index (χ0n) is 6.81. The van der Waals surface area contributed by atoms with Gasteiger partial charge in [-0.2, -0.15) is 0 Å². The molecule has 3 nitrogen and oxygen atoms in total. The predicted octanol–water partition coefficient (Wildman–Crippen LogP) is 0.895. The zero-order valence-corrected chi connectivity index (χ0v) is 6.81. The average molecular weight is 145 g/mol. The maximum atomic E-state index is 10.4. The summed E-state index contributed by atoms with van der Waals surface area (Å²) >= 11 is 0. The van der Waals surface area contributed by atoms with Gasteiger partial charge in [0.2, 0.25) is 5.91 Å². The third kappa shape index (κ3) is 5.56. The molecule has 0 aliphatic rings. The van der Waals surface area contributed by atoms with Crippen molar-refractivity contribution in [1.29, 1.82) is 0 Å². The van der Waals surface area contributed by atoms with Crippen molar-refractivity contribution in [3.8, 4) is 0 Å². The first-order valence-electron chi connectivity index (χ1n) is 3.55. The van der Waals surface area contributed by atoms with Crippen molar-refractivity contribution in [3.05, 3.63) is 0 Å². The Morgan fingerprint density at radius 3 is 2.70 bits per heavy atom. The Morgan fingerprint density at radius 2 is 2.30 bits per heavy atom. The van der Waals surface area contributed by atoms with E-state index in [0.29, 0.717) is 6.61 Å². The molecule has 0 aromatic rings. The number of hydrogen-bond acceptors (Lipinski definition) is 2. The molecule has 10 heavy (non-hydrogen) atoms. The summed E-state index contributed by atoms with van der Waals surface area (Å²) in [6.07, 6.45) is 0.821. The van der Waals surface area contributed by atoms with Crippen LogP contribution >= 0.6 is 0 Å². The van der Waals surface area contributed by atoms with E-state index in [4.69, 9.17) is 4.74 Å². The van der Waals surface area contributed by atoms with Crippen molar-refractivity contribution in [3.63, 3.8) is 0 Å². The molecule has 0 saturated carbocycles. The lowest BCUT2D eigenvalue weighted by molar-refractivity contribution is -0.122. The molecule has 1 unspecified atom stereocenters. The highest BCUT2D eigenvalue weighted by Gasteiger charge is 2.00. The Morgan fingerprint density at radius 1 is 1.70 bits per heavy atom. The van der Waals surface area contributed by atoms with Crippen LogP contribution in [0.15, 0.2) is 0 Å². The molecule has 0 aliphatic heterocycles. The molecule has 60 valence electrons. The summed E-state index contributed by atoms with van der Waals surface area (Å²) in [6.45, 7) is 6.02. The molecule has 3 heteroatoms. The Kier molecular flexibility index (Phi) is 4.94. The molecule has 1 atom stereocenters. The van der Waals surface area contributed by atoms with Gasteiger partial charge in [0.1, 0.15) is 6.23 Å². The number of hydrogen-bond donors (Lipinski definition) is 1. The van der Waals surface area contributed by atoms with Crippen LogP contribution in [-0.2, 0) is 9.53 Å². The van der Waals surface area contributed by atoms with E-state index < -0.39 is 0 Å². The van der Waals surface area contributed by atoms with Gasteiger partial charge in [-0.15, -0.1) is 0 Å². The lowest BCUT2D eigenvalue weighted by Crippen LogP contribution is -2.32. The maximum Gasteiger partial charge on any atom is 0.218 e. The van der Waals surface area contributed by atoms with E-state index in [1.165, 1.54) is 6.92 Å². The topological polar surface area (TPSA) is 38.3 Å². The van der Waals surface area contributed by atoms with E-state index >= 15 is 0 Å². The molecular weight excluding hydrogens is 130 g/mol. The van der Waals surface area contributed by atoms with Crippen LogP contribution < -0.4 is 5.32 Å². The number of carbonyl (C=O) groups is 1. The Labute approximate surface area is 61.8 Å². The molecule has 1 amide bonds. The summed E-state index contributed by atoms with van der Waals surface area (Å²) in [5.41, 5.74) is 0. The van der Waals surface area contributed by atoms with E-state index in [2.05, 4.69) is 5.32 Å². The molecule has 0 aliphatic carbocycles. The second-order valence-electron chi connectivity index (χ2n) is 2.21. The summed E-state index contributed by atoms with van der Waals surface area (Å²) in [6, 6.07) is 0. The molecule has 0 rings (SSSR count). The number of carbonyl (C=O) groups excluding carboxylic acids is 1. The Hall–Kier alpha value is -0.570. The van der Waals surface area contributed by atoms with Crippen molar-refractivity contribution in [2.24, 2.45) is 0 Å². The largest absolute Gasteiger partial charge is 0.359 e. The maximum absolute atomic E-state index is 10.4. The van der Waals surface area contributed by atoms with Crippen LogP contribution in [0.5, 0.6) is 0 Å². The average Bonchev–Trinajstić information content (AvgIpc) is 1.82. The van der Waals surface area contributed by atoms with Crippen molar-refractivity contribution in [1.82, 2.24) is 5.32 Å². The van der Waals surface area contributed by atoms with E-state index in [1.54, 1.807) is 0 Å². The summed E-state index contributed by atoms with van der Waals surface area (Å²) in [5.74, 6) is -0.0522. The number of rotatable bonds is 4. The van der Waals surface area contributed by atoms with Gasteiger partial charge in [-0.3, -0.25) is 4.79 Å². The normalized spacial score (nSPS) is 12.7. The zero-order chi connectivity index (χ0) is 7.98. The lowest BCUT2D eigenvalue weighted by Gasteiger charge is -2.12. The van der Waals surface area contributed by atoms with E-state index in [9.17, 15) is 4.79 Å². The highest BCUT2D eigenvalue weighted by atomic mass is 16.5. The summed E-state index contributed by atoms with van der Waals surface area (Å²) in [4.78, 5) is 10.4. The third-order valence-electron chi connectivity index (χ3n) is 0.979. The smallest absolute Gasteiger partial charge is 0.218 e. The van der Waals surface area contributed by atoms with Crippen LogP contribution in [-0.4, -0.2) is 18.7 Å². The molecule has 0 aromatic heterocycles. The van der Waals surface area contributed by atoms with Gasteiger partial charge < -0.3 is 10.1 Å². The first-order valence-corrected chi connectivity index (χ1v) is 3.55. The van der Waals surface area contributed by atoms with Gasteiger partial charge in [-0.25, -0.2) is 0 Å². The van der Waals surface area contributed by atoms with Crippen LogP contribution in [0.1, 0.15) is 27.2 Å². The van der Waals surface area contributed by atoms with Gasteiger partial charge in [0.15, 0.2) is 0 Å². The molecule has 0 saturated heterocycles. The van der Waals surface area contributed by atoms with Crippen LogP contribution in [0.3, 0.4) is 0 Å². The summed E-state index contributed by atoms with van der Waals surface area (Å²) in [7, 11) is 0. The van der Waals surface area contributed by atoms with Crippen molar-refractivity contribution in [2.45, 2.75) is 33.4 Å². The molecule has 0 bridgehead atoms. The van der Waals surface area contributed by atoms with Gasteiger partial charge in [0.05, 0.1) is 0 Å². The first kappa shape index (κ1) is 9.43. The van der Waals surface area contributed by atoms with E-state index in [1.807, 2.05) is 13.8 Å². The molecule has 0 heterocycles. The fourth-order valence-corrected chi connectivity index (χ4v) is 0.623. The van der Waals surface area contributed by atoms with Gasteiger partial charge in [0, 0.05) is 13.5 Å². The highest BCUT2D eigenvalue weighted by Crippen LogP contribution is 1.86. The van der Waals surface area contributed by atoms with Crippen LogP contribution in [0, 0.1) is 0 Å². The Balaban J connectivity index is 3.25. The third-order valence-corrected chi connectivity index (χ3v) is 0.979. The molecule has 0 aromatic carbocycles. The van der Waals surface area contributed by atoms with Crippen molar-refractivity contribution in [2.75, 3.05) is 6.61 Å². The van der Waals surface area contributed by atoms with Crippen molar-refractivity contribution < 1.29 is 9.53 Å². The van der Waals surface area contributed by atoms with Crippen LogP contribution in [0.2, 0.25) is 0 Å². The fraction of sp³-hybridized carbons (Fsp3) is 0.857. The first-order chi connectivity index (χ1) is 4.66. The molecule has 0 fully saturated rings. The van der Waals surface area contributed by atoms with Crippen LogP contribution in [0.25, 0.3) is 0 Å². The van der Waals surface area contributed by atoms with Gasteiger partial charge >= 0.3 is 0 Å². The standard InChI is InChI=1S/C7H15NO2/c1-4-5-10-7(3)8-6(2)9/h7H,4-5H2,1-3H3,(H,8,9). The SMILES string of the molecule is CCCOC(C)NC(C)=O. The minimum absolute atomic E-state index is 0.0522. The van der Waals surface area contributed by atoms with E-state index in [-0.39, 0.29) is 12.1 Å². The number of ether oxygens (including phenoxy) is 1. The van der Waals surface area contributed by atoms with Gasteiger partial charge in [-0.1, -0.05) is 6.92 Å². The predicted molar refractivity (Wildman–Crippen MR) is 39.5 cm³/mol.